The number of benzene rings is 1. The van der Waals surface area contributed by atoms with Gasteiger partial charge in [0, 0.05) is 18.9 Å². The summed E-state index contributed by atoms with van der Waals surface area (Å²) in [6.07, 6.45) is 2.34. The molecule has 0 spiro atoms. The van der Waals surface area contributed by atoms with Gasteiger partial charge < -0.3 is 15.4 Å². The van der Waals surface area contributed by atoms with Gasteiger partial charge in [0.1, 0.15) is 5.82 Å². The summed E-state index contributed by atoms with van der Waals surface area (Å²) in [6, 6.07) is 7.80. The van der Waals surface area contributed by atoms with Crippen molar-refractivity contribution in [2.24, 2.45) is 11.8 Å². The number of hydrogen-bond acceptors (Lipinski definition) is 3. The van der Waals surface area contributed by atoms with Crippen molar-refractivity contribution in [3.05, 3.63) is 30.1 Å². The molecule has 22 heavy (non-hydrogen) atoms. The van der Waals surface area contributed by atoms with E-state index in [4.69, 9.17) is 5.11 Å². The molecular formula is C16H19N3O3. The predicted molar refractivity (Wildman–Crippen MR) is 81.3 cm³/mol. The van der Waals surface area contributed by atoms with Gasteiger partial charge in [0.05, 0.1) is 17.0 Å². The first-order valence-corrected chi connectivity index (χ1v) is 7.57. The highest BCUT2D eigenvalue weighted by Crippen LogP contribution is 2.31. The first-order chi connectivity index (χ1) is 10.6. The number of para-hydroxylation sites is 2. The van der Waals surface area contributed by atoms with Gasteiger partial charge >= 0.3 is 5.97 Å². The number of nitrogens with one attached hydrogen (secondary N) is 2. The van der Waals surface area contributed by atoms with E-state index in [2.05, 4.69) is 15.3 Å². The topological polar surface area (TPSA) is 95.1 Å². The average Bonchev–Trinajstić information content (AvgIpc) is 3.13. The normalized spacial score (nSPS) is 21.1. The summed E-state index contributed by atoms with van der Waals surface area (Å²) in [4.78, 5) is 30.6. The molecule has 1 saturated carbocycles. The number of carbonyl (C=O) groups is 2. The predicted octanol–water partition coefficient (Wildman–Crippen LogP) is 1.72. The molecule has 2 atom stereocenters. The Morgan fingerprint density at radius 1 is 1.27 bits per heavy atom. The number of H-pyrrole nitrogens is 1. The summed E-state index contributed by atoms with van der Waals surface area (Å²) in [5, 5.41) is 11.8. The number of hydrogen-bond donors (Lipinski definition) is 3. The molecule has 0 radical (unpaired) electrons. The third kappa shape index (κ3) is 3.10. The van der Waals surface area contributed by atoms with Crippen LogP contribution in [-0.2, 0) is 16.0 Å². The number of carboxylic acids is 1. The van der Waals surface area contributed by atoms with Crippen molar-refractivity contribution in [3.63, 3.8) is 0 Å². The lowest BCUT2D eigenvalue weighted by atomic mass is 10.0. The van der Waals surface area contributed by atoms with Crippen LogP contribution in [0.1, 0.15) is 25.1 Å². The molecule has 0 bridgehead atoms. The zero-order valence-electron chi connectivity index (χ0n) is 12.2. The summed E-state index contributed by atoms with van der Waals surface area (Å²) in [5.41, 5.74) is 1.91. The fraction of sp³-hybridized carbons (Fsp3) is 0.438. The van der Waals surface area contributed by atoms with Gasteiger partial charge in [-0.05, 0) is 31.4 Å². The first-order valence-electron chi connectivity index (χ1n) is 7.57. The SMILES string of the molecule is O=C(O)[C@@H]1CC[C@H](C(=O)NCCc2nc3ccccc3[nH]2)C1. The van der Waals surface area contributed by atoms with Gasteiger partial charge in [-0.25, -0.2) is 4.98 Å². The van der Waals surface area contributed by atoms with Gasteiger partial charge in [-0.2, -0.15) is 0 Å². The molecule has 0 saturated heterocycles. The van der Waals surface area contributed by atoms with E-state index in [0.717, 1.165) is 16.9 Å². The number of imidazole rings is 1. The molecule has 6 nitrogen and oxygen atoms in total. The van der Waals surface area contributed by atoms with Crippen LogP contribution in [0.3, 0.4) is 0 Å². The maximum Gasteiger partial charge on any atom is 0.306 e. The van der Waals surface area contributed by atoms with Crippen LogP contribution in [0.2, 0.25) is 0 Å². The fourth-order valence-electron chi connectivity index (χ4n) is 3.02. The summed E-state index contributed by atoms with van der Waals surface area (Å²) in [6.45, 7) is 0.507. The molecule has 116 valence electrons. The largest absolute Gasteiger partial charge is 0.481 e. The highest BCUT2D eigenvalue weighted by atomic mass is 16.4. The molecular weight excluding hydrogens is 282 g/mol. The smallest absolute Gasteiger partial charge is 0.306 e. The molecule has 1 aliphatic carbocycles. The molecule has 1 aliphatic rings. The second-order valence-electron chi connectivity index (χ2n) is 5.79. The van der Waals surface area contributed by atoms with Gasteiger partial charge in [-0.1, -0.05) is 12.1 Å². The van der Waals surface area contributed by atoms with E-state index < -0.39 is 5.97 Å². The van der Waals surface area contributed by atoms with Crippen molar-refractivity contribution in [2.75, 3.05) is 6.54 Å². The Kier molecular flexibility index (Phi) is 4.09. The van der Waals surface area contributed by atoms with E-state index in [1.165, 1.54) is 0 Å². The van der Waals surface area contributed by atoms with Gasteiger partial charge in [0.15, 0.2) is 0 Å². The fourth-order valence-corrected chi connectivity index (χ4v) is 3.02. The third-order valence-electron chi connectivity index (χ3n) is 4.25. The second-order valence-corrected chi connectivity index (χ2v) is 5.79. The average molecular weight is 301 g/mol. The molecule has 1 amide bonds. The summed E-state index contributed by atoms with van der Waals surface area (Å²) in [7, 11) is 0. The second kappa shape index (κ2) is 6.17. The molecule has 0 aliphatic heterocycles. The Labute approximate surface area is 127 Å². The van der Waals surface area contributed by atoms with Crippen LogP contribution < -0.4 is 5.32 Å². The van der Waals surface area contributed by atoms with Crippen molar-refractivity contribution >= 4 is 22.9 Å². The van der Waals surface area contributed by atoms with Crippen molar-refractivity contribution < 1.29 is 14.7 Å². The van der Waals surface area contributed by atoms with Crippen LogP contribution in [0.25, 0.3) is 11.0 Å². The molecule has 3 rings (SSSR count). The van der Waals surface area contributed by atoms with Crippen molar-refractivity contribution in [3.8, 4) is 0 Å². The highest BCUT2D eigenvalue weighted by molar-refractivity contribution is 5.80. The first kappa shape index (κ1) is 14.6. The minimum absolute atomic E-state index is 0.0418. The molecule has 1 aromatic heterocycles. The van der Waals surface area contributed by atoms with Crippen LogP contribution >= 0.6 is 0 Å². The Morgan fingerprint density at radius 3 is 2.77 bits per heavy atom. The van der Waals surface area contributed by atoms with Gasteiger partial charge in [-0.15, -0.1) is 0 Å². The highest BCUT2D eigenvalue weighted by Gasteiger charge is 2.33. The van der Waals surface area contributed by atoms with Crippen LogP contribution in [-0.4, -0.2) is 33.5 Å². The lowest BCUT2D eigenvalue weighted by Gasteiger charge is -2.10. The minimum Gasteiger partial charge on any atom is -0.481 e. The number of amides is 1. The zero-order chi connectivity index (χ0) is 15.5. The van der Waals surface area contributed by atoms with Gasteiger partial charge in [0.25, 0.3) is 0 Å². The maximum absolute atomic E-state index is 12.0. The standard InChI is InChI=1S/C16H19N3O3/c20-15(10-5-6-11(9-10)16(21)22)17-8-7-14-18-12-3-1-2-4-13(12)19-14/h1-4,10-11H,5-9H2,(H,17,20)(H,18,19)(H,21,22)/t10-,11+/m0/s1. The van der Waals surface area contributed by atoms with E-state index in [-0.39, 0.29) is 17.7 Å². The van der Waals surface area contributed by atoms with E-state index in [0.29, 0.717) is 32.2 Å². The number of aliphatic carboxylic acids is 1. The lowest BCUT2D eigenvalue weighted by Crippen LogP contribution is -2.31. The van der Waals surface area contributed by atoms with Crippen molar-refractivity contribution in [1.82, 2.24) is 15.3 Å². The van der Waals surface area contributed by atoms with E-state index >= 15 is 0 Å². The molecule has 1 aromatic carbocycles. The Balaban J connectivity index is 1.48. The molecule has 0 unspecified atom stereocenters. The number of fused-ring (bicyclic) bond motifs is 1. The minimum atomic E-state index is -0.794. The number of carbonyl (C=O) groups excluding carboxylic acids is 1. The maximum atomic E-state index is 12.0. The zero-order valence-corrected chi connectivity index (χ0v) is 12.2. The monoisotopic (exact) mass is 301 g/mol. The Hall–Kier alpha value is -2.37. The summed E-state index contributed by atoms with van der Waals surface area (Å²) in [5.74, 6) is -0.531. The van der Waals surface area contributed by atoms with Crippen LogP contribution in [0, 0.1) is 11.8 Å². The van der Waals surface area contributed by atoms with Crippen LogP contribution in [0.15, 0.2) is 24.3 Å². The number of rotatable bonds is 5. The molecule has 2 aromatic rings. The molecule has 1 heterocycles. The summed E-state index contributed by atoms with van der Waals surface area (Å²) >= 11 is 0. The Morgan fingerprint density at radius 2 is 2.05 bits per heavy atom. The quantitative estimate of drug-likeness (QED) is 0.783. The lowest BCUT2D eigenvalue weighted by molar-refractivity contribution is -0.141. The van der Waals surface area contributed by atoms with Gasteiger partial charge in [-0.3, -0.25) is 9.59 Å². The van der Waals surface area contributed by atoms with Crippen molar-refractivity contribution in [2.45, 2.75) is 25.7 Å². The number of aromatic nitrogens is 2. The van der Waals surface area contributed by atoms with E-state index in [9.17, 15) is 9.59 Å². The van der Waals surface area contributed by atoms with Crippen LogP contribution in [0.4, 0.5) is 0 Å². The Bertz CT molecular complexity index is 662. The molecule has 1 fully saturated rings. The van der Waals surface area contributed by atoms with Crippen molar-refractivity contribution in [1.29, 1.82) is 0 Å². The van der Waals surface area contributed by atoms with E-state index in [1.807, 2.05) is 24.3 Å². The molecule has 6 heteroatoms. The number of carboxylic acid groups (broad SMARTS) is 1. The summed E-state index contributed by atoms with van der Waals surface area (Å²) < 4.78 is 0. The number of aromatic amines is 1. The molecule has 3 N–H and O–H groups in total. The van der Waals surface area contributed by atoms with E-state index in [1.54, 1.807) is 0 Å². The van der Waals surface area contributed by atoms with Gasteiger partial charge in [0.2, 0.25) is 5.91 Å². The van der Waals surface area contributed by atoms with Crippen LogP contribution in [0.5, 0.6) is 0 Å². The number of nitrogens with zero attached hydrogens (tertiary/aromatic N) is 1. The third-order valence-corrected chi connectivity index (χ3v) is 4.25.